The number of halogens is 1. The summed E-state index contributed by atoms with van der Waals surface area (Å²) in [6.45, 7) is 13.3. The summed E-state index contributed by atoms with van der Waals surface area (Å²) in [7, 11) is 0. The number of piperidine rings is 1. The Kier molecular flexibility index (Phi) is 10.9. The number of fused-ring (bicyclic) bond motifs is 1. The summed E-state index contributed by atoms with van der Waals surface area (Å²) < 4.78 is 13.8. The molecule has 5 amide bonds. The number of carbonyl (C=O) groups excluding carboxylic acids is 5. The van der Waals surface area contributed by atoms with Crippen molar-refractivity contribution in [2.45, 2.75) is 71.7 Å². The lowest BCUT2D eigenvalue weighted by molar-refractivity contribution is -0.216. The molecular weight excluding hydrogens is 752 g/mol. The van der Waals surface area contributed by atoms with Crippen molar-refractivity contribution < 1.29 is 33.4 Å². The van der Waals surface area contributed by atoms with Crippen LogP contribution >= 0.6 is 11.6 Å². The van der Waals surface area contributed by atoms with Crippen LogP contribution in [-0.2, 0) is 20.9 Å². The Morgan fingerprint density at radius 3 is 2.33 bits per heavy atom. The van der Waals surface area contributed by atoms with Gasteiger partial charge in [-0.1, -0.05) is 39.3 Å². The first-order valence-corrected chi connectivity index (χ1v) is 19.6. The molecule has 16 heteroatoms. The SMILES string of the molecule is CC1(C)C(Oc2ccc(C#N)c(Cl)c2)C(C)(C)C1N1C(=O)CCC(N2C(=O)c3ccc(N4CCN(CCCOCCn5cc(C(N)=O)cn5)CC4)cc3C2=O)C1=O. The first-order chi connectivity index (χ1) is 27.1. The molecule has 15 nitrogen and oxygen atoms in total. The lowest BCUT2D eigenvalue weighted by atomic mass is 9.48. The van der Waals surface area contributed by atoms with Gasteiger partial charge >= 0.3 is 0 Å². The number of primary amides is 1. The number of nitriles is 1. The van der Waals surface area contributed by atoms with E-state index in [1.54, 1.807) is 41.2 Å². The van der Waals surface area contributed by atoms with Gasteiger partial charge in [-0.15, -0.1) is 0 Å². The molecule has 300 valence electrons. The Labute approximate surface area is 336 Å². The van der Waals surface area contributed by atoms with E-state index >= 15 is 0 Å². The smallest absolute Gasteiger partial charge is 0.262 e. The van der Waals surface area contributed by atoms with Crippen molar-refractivity contribution in [3.63, 3.8) is 0 Å². The number of piperazine rings is 1. The van der Waals surface area contributed by atoms with Gasteiger partial charge in [0.25, 0.3) is 23.6 Å². The lowest BCUT2D eigenvalue weighted by Gasteiger charge is -2.65. The standard InChI is InChI=1S/C41H47ClN8O7/c1-40(2)38(41(3,4)39(40)57-28-8-6-25(22-43)31(42)21-28)50-33(51)11-10-32(37(50)55)49-35(53)29-9-7-27(20-30(29)36(49)54)47-15-13-46(14-16-47)12-5-18-56-19-17-48-24-26(23-45-48)34(44)52/h6-9,20-21,23-24,32,38-39H,5,10-19H2,1-4H3,(H2,44,52). The van der Waals surface area contributed by atoms with Gasteiger partial charge in [0.1, 0.15) is 24.0 Å². The largest absolute Gasteiger partial charge is 0.489 e. The third-order valence-corrected chi connectivity index (χ3v) is 12.2. The number of imide groups is 2. The molecule has 1 aliphatic carbocycles. The summed E-state index contributed by atoms with van der Waals surface area (Å²) in [4.78, 5) is 73.8. The van der Waals surface area contributed by atoms with E-state index in [1.807, 2.05) is 39.8 Å². The first-order valence-electron chi connectivity index (χ1n) is 19.2. The molecule has 2 saturated heterocycles. The molecule has 3 aromatic rings. The highest BCUT2D eigenvalue weighted by molar-refractivity contribution is 6.31. The molecule has 0 spiro atoms. The molecular formula is C41H47ClN8O7. The van der Waals surface area contributed by atoms with Gasteiger partial charge in [0, 0.05) is 74.5 Å². The zero-order chi connectivity index (χ0) is 40.8. The fraction of sp³-hybridized carbons (Fsp3) is 0.488. The molecule has 1 atom stereocenters. The van der Waals surface area contributed by atoms with Crippen LogP contribution in [0.25, 0.3) is 0 Å². The van der Waals surface area contributed by atoms with Crippen LogP contribution in [0.1, 0.15) is 83.6 Å². The van der Waals surface area contributed by atoms with Crippen molar-refractivity contribution in [1.82, 2.24) is 24.5 Å². The number of hydrogen-bond donors (Lipinski definition) is 1. The maximum atomic E-state index is 14.3. The van der Waals surface area contributed by atoms with Crippen LogP contribution in [0, 0.1) is 22.2 Å². The predicted molar refractivity (Wildman–Crippen MR) is 209 cm³/mol. The fourth-order valence-electron chi connectivity index (χ4n) is 9.39. The monoisotopic (exact) mass is 798 g/mol. The van der Waals surface area contributed by atoms with E-state index in [2.05, 4.69) is 14.9 Å². The van der Waals surface area contributed by atoms with Gasteiger partial charge < -0.3 is 20.1 Å². The Hall–Kier alpha value is -5.30. The van der Waals surface area contributed by atoms with Crippen molar-refractivity contribution >= 4 is 46.8 Å². The van der Waals surface area contributed by atoms with E-state index in [1.165, 1.54) is 11.1 Å². The van der Waals surface area contributed by atoms with Crippen LogP contribution in [0.5, 0.6) is 5.75 Å². The Balaban J connectivity index is 0.943. The number of carbonyl (C=O) groups is 5. The number of amides is 5. The van der Waals surface area contributed by atoms with Crippen molar-refractivity contribution in [2.24, 2.45) is 16.6 Å². The summed E-state index contributed by atoms with van der Waals surface area (Å²) >= 11 is 6.26. The molecule has 1 saturated carbocycles. The van der Waals surface area contributed by atoms with Crippen LogP contribution in [0.2, 0.25) is 5.02 Å². The van der Waals surface area contributed by atoms with Gasteiger partial charge in [0.05, 0.1) is 52.7 Å². The highest BCUT2D eigenvalue weighted by Crippen LogP contribution is 2.58. The van der Waals surface area contributed by atoms with E-state index < -0.39 is 52.6 Å². The summed E-state index contributed by atoms with van der Waals surface area (Å²) in [5, 5.41) is 13.6. The topological polar surface area (TPSA) is 184 Å². The third kappa shape index (κ3) is 7.37. The fourth-order valence-corrected chi connectivity index (χ4v) is 9.60. The number of hydrogen-bond acceptors (Lipinski definition) is 11. The highest BCUT2D eigenvalue weighted by Gasteiger charge is 2.68. The minimum absolute atomic E-state index is 0.00925. The highest BCUT2D eigenvalue weighted by atomic mass is 35.5. The molecule has 3 fully saturated rings. The predicted octanol–water partition coefficient (Wildman–Crippen LogP) is 3.73. The summed E-state index contributed by atoms with van der Waals surface area (Å²) in [5.74, 6) is -2.02. The zero-order valence-electron chi connectivity index (χ0n) is 32.6. The molecule has 4 heterocycles. The van der Waals surface area contributed by atoms with Gasteiger partial charge in [0.2, 0.25) is 5.91 Å². The maximum Gasteiger partial charge on any atom is 0.262 e. The minimum atomic E-state index is -1.12. The molecule has 1 unspecified atom stereocenters. The molecule has 2 N–H and O–H groups in total. The average Bonchev–Trinajstić information content (AvgIpc) is 3.76. The number of likely N-dealkylation sites (tertiary alicyclic amines) is 1. The number of nitrogens with two attached hydrogens (primary N) is 1. The normalized spacial score (nSPS) is 23.0. The molecule has 4 aliphatic rings. The second kappa shape index (κ2) is 15.6. The van der Waals surface area contributed by atoms with Gasteiger partial charge in [-0.05, 0) is 43.2 Å². The zero-order valence-corrected chi connectivity index (χ0v) is 33.3. The molecule has 57 heavy (non-hydrogen) atoms. The Morgan fingerprint density at radius 2 is 1.67 bits per heavy atom. The van der Waals surface area contributed by atoms with Crippen LogP contribution in [0.15, 0.2) is 48.8 Å². The minimum Gasteiger partial charge on any atom is -0.489 e. The Bertz CT molecular complexity index is 2140. The average molecular weight is 799 g/mol. The van der Waals surface area contributed by atoms with Gasteiger partial charge in [-0.3, -0.25) is 43.4 Å². The van der Waals surface area contributed by atoms with Crippen molar-refractivity contribution in [3.8, 4) is 11.8 Å². The van der Waals surface area contributed by atoms with Gasteiger partial charge in [-0.25, -0.2) is 0 Å². The number of anilines is 1. The van der Waals surface area contributed by atoms with Crippen molar-refractivity contribution in [2.75, 3.05) is 50.8 Å². The number of rotatable bonds is 13. The van der Waals surface area contributed by atoms with Crippen LogP contribution in [0.3, 0.4) is 0 Å². The van der Waals surface area contributed by atoms with Gasteiger partial charge in [-0.2, -0.15) is 10.4 Å². The van der Waals surface area contributed by atoms with E-state index in [0.717, 1.165) is 49.7 Å². The van der Waals surface area contributed by atoms with Crippen molar-refractivity contribution in [1.29, 1.82) is 5.26 Å². The van der Waals surface area contributed by atoms with E-state index in [4.69, 9.17) is 26.8 Å². The molecule has 7 rings (SSSR count). The number of nitrogens with zero attached hydrogens (tertiary/aromatic N) is 7. The third-order valence-electron chi connectivity index (χ3n) is 11.9. The van der Waals surface area contributed by atoms with Gasteiger partial charge in [0.15, 0.2) is 0 Å². The summed E-state index contributed by atoms with van der Waals surface area (Å²) in [6.07, 6.45) is 3.54. The van der Waals surface area contributed by atoms with Crippen LogP contribution < -0.4 is 15.4 Å². The van der Waals surface area contributed by atoms with Crippen LogP contribution in [-0.4, -0.2) is 118 Å². The molecule has 1 aromatic heterocycles. The van der Waals surface area contributed by atoms with E-state index in [0.29, 0.717) is 36.6 Å². The number of ether oxygens (including phenoxy) is 2. The number of benzene rings is 2. The number of aromatic nitrogens is 2. The first kappa shape index (κ1) is 39.9. The Morgan fingerprint density at radius 1 is 0.947 bits per heavy atom. The van der Waals surface area contributed by atoms with E-state index in [9.17, 15) is 29.2 Å². The molecule has 3 aliphatic heterocycles. The molecule has 0 radical (unpaired) electrons. The summed E-state index contributed by atoms with van der Waals surface area (Å²) in [6, 6.07) is 10.4. The van der Waals surface area contributed by atoms with Crippen molar-refractivity contribution in [3.05, 3.63) is 76.1 Å². The van der Waals surface area contributed by atoms with Crippen LogP contribution in [0.4, 0.5) is 5.69 Å². The maximum absolute atomic E-state index is 14.3. The van der Waals surface area contributed by atoms with E-state index in [-0.39, 0.29) is 34.9 Å². The quantitative estimate of drug-likeness (QED) is 0.196. The molecule has 2 aromatic carbocycles. The molecule has 0 bridgehead atoms. The summed E-state index contributed by atoms with van der Waals surface area (Å²) in [5.41, 5.74) is 5.90. The second-order valence-corrected chi connectivity index (χ2v) is 16.7. The second-order valence-electron chi connectivity index (χ2n) is 16.3. The lowest BCUT2D eigenvalue weighted by Crippen LogP contribution is -2.77.